The first-order valence-electron chi connectivity index (χ1n) is 6.20. The number of rotatable bonds is 3. The zero-order chi connectivity index (χ0) is 13.9. The summed E-state index contributed by atoms with van der Waals surface area (Å²) in [5.41, 5.74) is 1.54. The Morgan fingerprint density at radius 1 is 1.05 bits per heavy atom. The molecule has 1 heterocycles. The molecule has 0 atom stereocenters. The van der Waals surface area contributed by atoms with Crippen molar-refractivity contribution in [1.82, 2.24) is 4.98 Å². The van der Waals surface area contributed by atoms with Gasteiger partial charge in [-0.25, -0.2) is 9.37 Å². The van der Waals surface area contributed by atoms with Gasteiger partial charge in [-0.2, -0.15) is 0 Å². The van der Waals surface area contributed by atoms with Crippen LogP contribution in [-0.4, -0.2) is 10.1 Å². The summed E-state index contributed by atoms with van der Waals surface area (Å²) in [5, 5.41) is 11.1. The number of aromatic nitrogens is 1. The predicted molar refractivity (Wildman–Crippen MR) is 78.2 cm³/mol. The Labute approximate surface area is 120 Å². The number of para-hydroxylation sites is 1. The van der Waals surface area contributed by atoms with Crippen LogP contribution in [-0.2, 0) is 6.61 Å². The lowest BCUT2D eigenvalue weighted by Crippen LogP contribution is -1.93. The molecule has 1 aromatic heterocycles. The van der Waals surface area contributed by atoms with Gasteiger partial charge in [0.15, 0.2) is 0 Å². The van der Waals surface area contributed by atoms with Crippen molar-refractivity contribution in [3.8, 4) is 0 Å². The van der Waals surface area contributed by atoms with Gasteiger partial charge in [0.2, 0.25) is 0 Å². The summed E-state index contributed by atoms with van der Waals surface area (Å²) < 4.78 is 13.7. The lowest BCUT2D eigenvalue weighted by molar-refractivity contribution is 0.278. The molecule has 3 rings (SSSR count). The molecule has 1 N–H and O–H groups in total. The fraction of sp³-hybridized carbons (Fsp3) is 0.0625. The number of aliphatic hydroxyl groups excluding tert-OH is 1. The Hall–Kier alpha value is -1.91. The van der Waals surface area contributed by atoms with E-state index in [1.165, 1.54) is 17.8 Å². The van der Waals surface area contributed by atoms with Crippen molar-refractivity contribution in [1.29, 1.82) is 0 Å². The third-order valence-corrected chi connectivity index (χ3v) is 4.07. The minimum Gasteiger partial charge on any atom is -0.392 e. The van der Waals surface area contributed by atoms with E-state index in [2.05, 4.69) is 4.98 Å². The molecule has 20 heavy (non-hydrogen) atoms. The highest BCUT2D eigenvalue weighted by atomic mass is 32.2. The van der Waals surface area contributed by atoms with Crippen molar-refractivity contribution in [3.63, 3.8) is 0 Å². The van der Waals surface area contributed by atoms with Crippen molar-refractivity contribution in [3.05, 3.63) is 66.0 Å². The van der Waals surface area contributed by atoms with Crippen molar-refractivity contribution >= 4 is 22.7 Å². The first-order valence-corrected chi connectivity index (χ1v) is 7.01. The standard InChI is InChI=1S/C16H12FNOS/c17-13-6-2-4-8-15(13)20-16-12(10-19)9-11-5-1-3-7-14(11)18-16/h1-9,19H,10H2. The van der Waals surface area contributed by atoms with Crippen LogP contribution in [0.2, 0.25) is 0 Å². The first kappa shape index (κ1) is 13.1. The van der Waals surface area contributed by atoms with Crippen molar-refractivity contribution in [2.45, 2.75) is 16.5 Å². The van der Waals surface area contributed by atoms with Gasteiger partial charge in [0, 0.05) is 15.8 Å². The Bertz CT molecular complexity index is 760. The molecule has 0 amide bonds. The summed E-state index contributed by atoms with van der Waals surface area (Å²) in [6, 6.07) is 16.1. The maximum absolute atomic E-state index is 13.7. The van der Waals surface area contributed by atoms with Crippen LogP contribution in [0.3, 0.4) is 0 Å². The van der Waals surface area contributed by atoms with E-state index in [-0.39, 0.29) is 12.4 Å². The van der Waals surface area contributed by atoms with E-state index in [9.17, 15) is 9.50 Å². The molecule has 0 spiro atoms. The van der Waals surface area contributed by atoms with E-state index in [1.807, 2.05) is 30.3 Å². The van der Waals surface area contributed by atoms with Crippen LogP contribution in [0.5, 0.6) is 0 Å². The van der Waals surface area contributed by atoms with Crippen LogP contribution in [0, 0.1) is 5.82 Å². The molecule has 0 saturated carbocycles. The van der Waals surface area contributed by atoms with Crippen molar-refractivity contribution < 1.29 is 9.50 Å². The zero-order valence-corrected chi connectivity index (χ0v) is 11.4. The number of nitrogens with zero attached hydrogens (tertiary/aromatic N) is 1. The lowest BCUT2D eigenvalue weighted by Gasteiger charge is -2.09. The van der Waals surface area contributed by atoms with Gasteiger partial charge < -0.3 is 5.11 Å². The van der Waals surface area contributed by atoms with Crippen LogP contribution >= 0.6 is 11.8 Å². The van der Waals surface area contributed by atoms with Crippen LogP contribution < -0.4 is 0 Å². The summed E-state index contributed by atoms with van der Waals surface area (Å²) in [7, 11) is 0. The summed E-state index contributed by atoms with van der Waals surface area (Å²) in [6.07, 6.45) is 0. The Balaban J connectivity index is 2.08. The molecule has 0 unspecified atom stereocenters. The maximum atomic E-state index is 13.7. The number of hydrogen-bond acceptors (Lipinski definition) is 3. The van der Waals surface area contributed by atoms with Crippen LogP contribution in [0.1, 0.15) is 5.56 Å². The molecule has 0 fully saturated rings. The third-order valence-electron chi connectivity index (χ3n) is 2.98. The van der Waals surface area contributed by atoms with E-state index < -0.39 is 0 Å². The molecular formula is C16H12FNOS. The average Bonchev–Trinajstić information content (AvgIpc) is 2.49. The fourth-order valence-electron chi connectivity index (χ4n) is 1.98. The number of halogens is 1. The molecule has 0 bridgehead atoms. The van der Waals surface area contributed by atoms with E-state index in [0.29, 0.717) is 15.5 Å². The SMILES string of the molecule is OCc1cc2ccccc2nc1Sc1ccccc1F. The molecule has 0 radical (unpaired) electrons. The zero-order valence-electron chi connectivity index (χ0n) is 10.6. The molecule has 100 valence electrons. The number of pyridine rings is 1. The van der Waals surface area contributed by atoms with E-state index >= 15 is 0 Å². The highest BCUT2D eigenvalue weighted by molar-refractivity contribution is 7.99. The minimum atomic E-state index is -0.281. The third kappa shape index (κ3) is 2.53. The quantitative estimate of drug-likeness (QED) is 0.789. The first-order chi connectivity index (χ1) is 9.78. The average molecular weight is 285 g/mol. The highest BCUT2D eigenvalue weighted by Crippen LogP contribution is 2.32. The van der Waals surface area contributed by atoms with E-state index in [4.69, 9.17) is 0 Å². The smallest absolute Gasteiger partial charge is 0.137 e. The fourth-order valence-corrected chi connectivity index (χ4v) is 2.89. The highest BCUT2D eigenvalue weighted by Gasteiger charge is 2.10. The van der Waals surface area contributed by atoms with Crippen LogP contribution in [0.4, 0.5) is 4.39 Å². The molecule has 2 nitrogen and oxygen atoms in total. The second kappa shape index (κ2) is 5.61. The van der Waals surface area contributed by atoms with Crippen LogP contribution in [0.25, 0.3) is 10.9 Å². The van der Waals surface area contributed by atoms with Gasteiger partial charge in [0.05, 0.1) is 12.1 Å². The molecular weight excluding hydrogens is 273 g/mol. The van der Waals surface area contributed by atoms with Gasteiger partial charge in [-0.3, -0.25) is 0 Å². The van der Waals surface area contributed by atoms with E-state index in [0.717, 1.165) is 10.9 Å². The van der Waals surface area contributed by atoms with E-state index in [1.54, 1.807) is 18.2 Å². The normalized spacial score (nSPS) is 10.9. The van der Waals surface area contributed by atoms with Gasteiger partial charge in [0.1, 0.15) is 10.8 Å². The summed E-state index contributed by atoms with van der Waals surface area (Å²) >= 11 is 1.23. The van der Waals surface area contributed by atoms with Gasteiger partial charge in [-0.15, -0.1) is 0 Å². The largest absolute Gasteiger partial charge is 0.392 e. The number of fused-ring (bicyclic) bond motifs is 1. The molecule has 0 aliphatic rings. The summed E-state index contributed by atoms with van der Waals surface area (Å²) in [4.78, 5) is 5.02. The Kier molecular flexibility index (Phi) is 3.67. The topological polar surface area (TPSA) is 33.1 Å². The molecule has 0 aliphatic heterocycles. The lowest BCUT2D eigenvalue weighted by atomic mass is 10.2. The monoisotopic (exact) mass is 285 g/mol. The maximum Gasteiger partial charge on any atom is 0.137 e. The minimum absolute atomic E-state index is 0.116. The predicted octanol–water partition coefficient (Wildman–Crippen LogP) is 4.02. The summed E-state index contributed by atoms with van der Waals surface area (Å²) in [6.45, 7) is -0.116. The number of aliphatic hydroxyl groups is 1. The van der Waals surface area contributed by atoms with Crippen molar-refractivity contribution in [2.24, 2.45) is 0 Å². The van der Waals surface area contributed by atoms with Crippen molar-refractivity contribution in [2.75, 3.05) is 0 Å². The second-order valence-electron chi connectivity index (χ2n) is 4.34. The molecule has 4 heteroatoms. The Morgan fingerprint density at radius 2 is 1.80 bits per heavy atom. The van der Waals surface area contributed by atoms with Gasteiger partial charge in [-0.05, 0) is 24.3 Å². The molecule has 2 aromatic carbocycles. The molecule has 0 aliphatic carbocycles. The second-order valence-corrected chi connectivity index (χ2v) is 5.37. The molecule has 0 saturated heterocycles. The Morgan fingerprint density at radius 3 is 2.60 bits per heavy atom. The van der Waals surface area contributed by atoms with Crippen LogP contribution in [0.15, 0.2) is 64.5 Å². The number of benzene rings is 2. The van der Waals surface area contributed by atoms with Gasteiger partial charge >= 0.3 is 0 Å². The van der Waals surface area contributed by atoms with Gasteiger partial charge in [-0.1, -0.05) is 42.1 Å². The van der Waals surface area contributed by atoms with Gasteiger partial charge in [0.25, 0.3) is 0 Å². The summed E-state index contributed by atoms with van der Waals surface area (Å²) in [5.74, 6) is -0.281. The molecule has 3 aromatic rings. The number of hydrogen-bond donors (Lipinski definition) is 1.